The predicted octanol–water partition coefficient (Wildman–Crippen LogP) is 3.37. The molecule has 2 aromatic rings. The molecule has 3 nitrogen and oxygen atoms in total. The summed E-state index contributed by atoms with van der Waals surface area (Å²) < 4.78 is 2.08. The molecule has 0 fully saturated rings. The summed E-state index contributed by atoms with van der Waals surface area (Å²) in [6.45, 7) is 3.23. The van der Waals surface area contributed by atoms with E-state index in [1.165, 1.54) is 12.8 Å². The molecule has 2 heterocycles. The van der Waals surface area contributed by atoms with Crippen LogP contribution in [-0.2, 0) is 5.88 Å². The van der Waals surface area contributed by atoms with E-state index in [2.05, 4.69) is 28.3 Å². The van der Waals surface area contributed by atoms with E-state index in [1.807, 2.05) is 11.6 Å². The van der Waals surface area contributed by atoms with E-state index >= 15 is 0 Å². The fourth-order valence-corrected chi connectivity index (χ4v) is 2.73. The largest absolute Gasteiger partial charge is 0.358 e. The number of hydrogen-bond acceptors (Lipinski definition) is 3. The first-order chi connectivity index (χ1) is 7.77. The van der Waals surface area contributed by atoms with Gasteiger partial charge in [0.05, 0.1) is 11.6 Å². The number of hydrogen-bond donors (Lipinski definition) is 0. The average Bonchev–Trinajstić information content (AvgIpc) is 2.84. The van der Waals surface area contributed by atoms with Crippen LogP contribution in [0.5, 0.6) is 0 Å². The van der Waals surface area contributed by atoms with Crippen LogP contribution in [0.3, 0.4) is 0 Å². The molecule has 0 amide bonds. The Morgan fingerprint density at radius 1 is 1.56 bits per heavy atom. The van der Waals surface area contributed by atoms with Crippen molar-refractivity contribution in [2.75, 3.05) is 18.5 Å². The van der Waals surface area contributed by atoms with Crippen molar-refractivity contribution in [3.05, 3.63) is 17.3 Å². The monoisotopic (exact) mass is 257 g/mol. The lowest BCUT2D eigenvalue weighted by atomic mass is 10.3. The molecule has 0 aliphatic heterocycles. The number of anilines is 1. The summed E-state index contributed by atoms with van der Waals surface area (Å²) in [6, 6.07) is 0. The van der Waals surface area contributed by atoms with Gasteiger partial charge in [-0.3, -0.25) is 4.40 Å². The molecule has 16 heavy (non-hydrogen) atoms. The molecular formula is C11H16ClN3S. The molecule has 0 spiro atoms. The Morgan fingerprint density at radius 2 is 2.38 bits per heavy atom. The van der Waals surface area contributed by atoms with Gasteiger partial charge < -0.3 is 4.90 Å². The van der Waals surface area contributed by atoms with Gasteiger partial charge in [-0.15, -0.1) is 22.9 Å². The smallest absolute Gasteiger partial charge is 0.195 e. The highest BCUT2D eigenvalue weighted by Gasteiger charge is 2.15. The van der Waals surface area contributed by atoms with Gasteiger partial charge in [0.15, 0.2) is 10.8 Å². The highest BCUT2D eigenvalue weighted by molar-refractivity contribution is 7.15. The Hall–Kier alpha value is -0.740. The van der Waals surface area contributed by atoms with Crippen LogP contribution in [-0.4, -0.2) is 23.0 Å². The van der Waals surface area contributed by atoms with Crippen LogP contribution in [0.4, 0.5) is 5.82 Å². The normalized spacial score (nSPS) is 11.2. The van der Waals surface area contributed by atoms with Gasteiger partial charge in [0, 0.05) is 25.2 Å². The Kier molecular flexibility index (Phi) is 3.71. The molecule has 0 saturated heterocycles. The summed E-state index contributed by atoms with van der Waals surface area (Å²) in [5.74, 6) is 1.53. The molecular weight excluding hydrogens is 242 g/mol. The predicted molar refractivity (Wildman–Crippen MR) is 70.8 cm³/mol. The van der Waals surface area contributed by atoms with Crippen molar-refractivity contribution in [2.24, 2.45) is 0 Å². The third-order valence-corrected chi connectivity index (χ3v) is 3.68. The topological polar surface area (TPSA) is 20.5 Å². The third kappa shape index (κ3) is 2.04. The minimum Gasteiger partial charge on any atom is -0.358 e. The van der Waals surface area contributed by atoms with E-state index in [9.17, 15) is 0 Å². The molecule has 5 heteroatoms. The highest BCUT2D eigenvalue weighted by atomic mass is 35.5. The summed E-state index contributed by atoms with van der Waals surface area (Å²) in [6.07, 6.45) is 4.41. The number of unbranched alkanes of at least 4 members (excludes halogenated alkanes) is 1. The molecule has 0 aromatic carbocycles. The van der Waals surface area contributed by atoms with E-state index in [0.717, 1.165) is 23.0 Å². The van der Waals surface area contributed by atoms with Gasteiger partial charge in [-0.2, -0.15) is 0 Å². The highest BCUT2D eigenvalue weighted by Crippen LogP contribution is 2.25. The second-order valence-electron chi connectivity index (χ2n) is 3.85. The standard InChI is InChI=1S/C11H16ClN3S/c1-3-4-5-14(2)10-9(8-12)15-6-7-16-11(15)13-10/h6-7H,3-5,8H2,1-2H3. The Bertz CT molecular complexity index is 463. The van der Waals surface area contributed by atoms with Crippen molar-refractivity contribution < 1.29 is 0 Å². The average molecular weight is 258 g/mol. The summed E-state index contributed by atoms with van der Waals surface area (Å²) in [5.41, 5.74) is 1.09. The second-order valence-corrected chi connectivity index (χ2v) is 4.99. The van der Waals surface area contributed by atoms with Crippen molar-refractivity contribution in [1.29, 1.82) is 0 Å². The number of thiazole rings is 1. The maximum atomic E-state index is 6.00. The van der Waals surface area contributed by atoms with Crippen molar-refractivity contribution in [3.63, 3.8) is 0 Å². The lowest BCUT2D eigenvalue weighted by Crippen LogP contribution is -2.20. The van der Waals surface area contributed by atoms with Crippen LogP contribution in [0.25, 0.3) is 4.96 Å². The van der Waals surface area contributed by atoms with Crippen molar-refractivity contribution in [1.82, 2.24) is 9.38 Å². The molecule has 2 rings (SSSR count). The van der Waals surface area contributed by atoms with E-state index in [-0.39, 0.29) is 0 Å². The van der Waals surface area contributed by atoms with Gasteiger partial charge in [0.2, 0.25) is 0 Å². The van der Waals surface area contributed by atoms with Crippen LogP contribution >= 0.6 is 22.9 Å². The van der Waals surface area contributed by atoms with E-state index in [0.29, 0.717) is 5.88 Å². The van der Waals surface area contributed by atoms with Crippen LogP contribution in [0.2, 0.25) is 0 Å². The number of aromatic nitrogens is 2. The Balaban J connectivity index is 2.31. The number of nitrogens with zero attached hydrogens (tertiary/aromatic N) is 3. The third-order valence-electron chi connectivity index (χ3n) is 2.68. The van der Waals surface area contributed by atoms with Gasteiger partial charge in [-0.25, -0.2) is 4.98 Å². The summed E-state index contributed by atoms with van der Waals surface area (Å²) in [5, 5.41) is 2.04. The SMILES string of the molecule is CCCCN(C)c1nc2sccn2c1CCl. The van der Waals surface area contributed by atoms with Gasteiger partial charge in [0.1, 0.15) is 0 Å². The second kappa shape index (κ2) is 5.06. The lowest BCUT2D eigenvalue weighted by molar-refractivity contribution is 0.759. The van der Waals surface area contributed by atoms with Crippen molar-refractivity contribution in [3.8, 4) is 0 Å². The molecule has 0 unspecified atom stereocenters. The Labute approximate surface area is 105 Å². The maximum absolute atomic E-state index is 6.00. The lowest BCUT2D eigenvalue weighted by Gasteiger charge is -2.17. The molecule has 0 bridgehead atoms. The molecule has 0 radical (unpaired) electrons. The molecule has 0 aliphatic carbocycles. The van der Waals surface area contributed by atoms with Gasteiger partial charge in [-0.1, -0.05) is 13.3 Å². The quantitative estimate of drug-likeness (QED) is 0.766. The van der Waals surface area contributed by atoms with Crippen molar-refractivity contribution in [2.45, 2.75) is 25.6 Å². The summed E-state index contributed by atoms with van der Waals surface area (Å²) in [4.78, 5) is 7.84. The minimum absolute atomic E-state index is 0.504. The number of alkyl halides is 1. The zero-order valence-corrected chi connectivity index (χ0v) is 11.2. The minimum atomic E-state index is 0.504. The maximum Gasteiger partial charge on any atom is 0.195 e. The summed E-state index contributed by atoms with van der Waals surface area (Å²) >= 11 is 7.65. The Morgan fingerprint density at radius 3 is 3.06 bits per heavy atom. The zero-order valence-electron chi connectivity index (χ0n) is 9.61. The van der Waals surface area contributed by atoms with Crippen molar-refractivity contribution >= 4 is 33.7 Å². The van der Waals surface area contributed by atoms with Crippen LogP contribution in [0, 0.1) is 0 Å². The van der Waals surface area contributed by atoms with Crippen LogP contribution in [0.15, 0.2) is 11.6 Å². The number of fused-ring (bicyclic) bond motifs is 1. The first-order valence-electron chi connectivity index (χ1n) is 5.49. The molecule has 0 saturated carbocycles. The number of imidazole rings is 1. The van der Waals surface area contributed by atoms with Crippen LogP contribution < -0.4 is 4.90 Å². The van der Waals surface area contributed by atoms with Gasteiger partial charge in [-0.05, 0) is 6.42 Å². The van der Waals surface area contributed by atoms with Gasteiger partial charge in [0.25, 0.3) is 0 Å². The molecule has 2 aromatic heterocycles. The fourth-order valence-electron chi connectivity index (χ4n) is 1.75. The zero-order chi connectivity index (χ0) is 11.5. The van der Waals surface area contributed by atoms with Crippen LogP contribution in [0.1, 0.15) is 25.5 Å². The van der Waals surface area contributed by atoms with E-state index < -0.39 is 0 Å². The first kappa shape index (κ1) is 11.7. The van der Waals surface area contributed by atoms with E-state index in [1.54, 1.807) is 11.3 Å². The number of rotatable bonds is 5. The fraction of sp³-hybridized carbons (Fsp3) is 0.545. The molecule has 88 valence electrons. The number of halogens is 1. The van der Waals surface area contributed by atoms with Gasteiger partial charge >= 0.3 is 0 Å². The summed E-state index contributed by atoms with van der Waals surface area (Å²) in [7, 11) is 2.08. The molecule has 0 aliphatic rings. The molecule has 0 N–H and O–H groups in total. The first-order valence-corrected chi connectivity index (χ1v) is 6.90. The molecule has 0 atom stereocenters. The van der Waals surface area contributed by atoms with E-state index in [4.69, 9.17) is 11.6 Å².